The van der Waals surface area contributed by atoms with Crippen LogP contribution in [0.2, 0.25) is 6.55 Å². The van der Waals surface area contributed by atoms with Gasteiger partial charge in [0.25, 0.3) is 0 Å². The van der Waals surface area contributed by atoms with Gasteiger partial charge in [0.2, 0.25) is 5.82 Å². The number of pyridine rings is 1. The van der Waals surface area contributed by atoms with Crippen LogP contribution in [0.15, 0.2) is 30.6 Å². The lowest BCUT2D eigenvalue weighted by molar-refractivity contribution is -0.377. The van der Waals surface area contributed by atoms with Crippen molar-refractivity contribution in [2.75, 3.05) is 0 Å². The number of halogens is 6. The van der Waals surface area contributed by atoms with E-state index >= 15 is 0 Å². The van der Waals surface area contributed by atoms with Gasteiger partial charge in [-0.25, -0.2) is 26.9 Å². The second kappa shape index (κ2) is 7.67. The average Bonchev–Trinajstić information content (AvgIpc) is 2.45. The third-order valence-electron chi connectivity index (χ3n) is 2.16. The molecule has 20 heavy (non-hydrogen) atoms. The predicted octanol–water partition coefficient (Wildman–Crippen LogP) is 3.15. The molecule has 0 aliphatic rings. The van der Waals surface area contributed by atoms with E-state index in [1.165, 1.54) is 6.55 Å². The number of benzene rings is 1. The first-order chi connectivity index (χ1) is 9.37. The molecule has 0 aliphatic heterocycles. The van der Waals surface area contributed by atoms with Crippen molar-refractivity contribution in [3.63, 3.8) is 0 Å². The molecule has 1 radical (unpaired) electrons. The summed E-state index contributed by atoms with van der Waals surface area (Å²) in [5, 5.41) is -0.688. The van der Waals surface area contributed by atoms with Crippen LogP contribution < -0.4 is 10.2 Å². The van der Waals surface area contributed by atoms with Crippen LogP contribution >= 0.6 is 21.8 Å². The molecule has 0 saturated carbocycles. The maximum Gasteiger partial charge on any atom is 0.200 e. The molecule has 1 aromatic carbocycles. The van der Waals surface area contributed by atoms with Crippen LogP contribution in [0, 0.1) is 29.1 Å². The molecule has 0 atom stereocenters. The van der Waals surface area contributed by atoms with E-state index in [4.69, 9.17) is 0 Å². The zero-order valence-corrected chi connectivity index (χ0v) is 13.3. The van der Waals surface area contributed by atoms with Gasteiger partial charge in [-0.15, -0.1) is 21.8 Å². The highest BCUT2D eigenvalue weighted by Crippen LogP contribution is 2.17. The number of nitrogens with one attached hydrogen (secondary N) is 1. The monoisotopic (exact) mass is 417 g/mol. The van der Waals surface area contributed by atoms with E-state index in [0.29, 0.717) is 0 Å². The van der Waals surface area contributed by atoms with Crippen LogP contribution in [0.4, 0.5) is 22.0 Å². The molecule has 0 unspecified atom stereocenters. The Kier molecular flexibility index (Phi) is 6.53. The average molecular weight is 417 g/mol. The first-order valence-electron chi connectivity index (χ1n) is 5.29. The van der Waals surface area contributed by atoms with Crippen molar-refractivity contribution in [1.82, 2.24) is 0 Å². The maximum atomic E-state index is 13.0. The summed E-state index contributed by atoms with van der Waals surface area (Å²) in [6, 6.07) is 5.86. The van der Waals surface area contributed by atoms with Gasteiger partial charge in [0, 0.05) is 17.3 Å². The lowest BCUT2D eigenvalue weighted by Crippen LogP contribution is -2.31. The topological polar surface area (TPSA) is 14.1 Å². The van der Waals surface area contributed by atoms with Crippen LogP contribution in [0.3, 0.4) is 0 Å². The van der Waals surface area contributed by atoms with Gasteiger partial charge in [-0.1, -0.05) is 12.6 Å². The van der Waals surface area contributed by atoms with Crippen molar-refractivity contribution in [2.24, 2.45) is 0 Å². The molecule has 0 bridgehead atoms. The number of hydrogen-bond donors (Lipinski definition) is 0. The highest BCUT2D eigenvalue weighted by atomic mass is 127. The van der Waals surface area contributed by atoms with Crippen LogP contribution in [-0.4, -0.2) is 6.29 Å². The molecule has 1 heterocycles. The summed E-state index contributed by atoms with van der Waals surface area (Å²) >= 11 is 1.67. The molecule has 1 aromatic heterocycles. The number of H-pyrrole nitrogens is 1. The number of aromatic nitrogens is 1. The minimum absolute atomic E-state index is 0.688. The molecule has 1 N–H and O–H groups in total. The fourth-order valence-electron chi connectivity index (χ4n) is 1.25. The third kappa shape index (κ3) is 3.98. The van der Waals surface area contributed by atoms with Crippen molar-refractivity contribution in [3.8, 4) is 0 Å². The molecule has 2 aromatic rings. The second-order valence-corrected chi connectivity index (χ2v) is 9.98. The lowest BCUT2D eigenvalue weighted by atomic mass is 10.3. The number of aromatic amines is 1. The molecule has 1 nitrogen and oxygen atoms in total. The normalized spacial score (nSPS) is 10.2. The molecular formula is C12H9F5INSi+. The summed E-state index contributed by atoms with van der Waals surface area (Å²) in [4.78, 5) is 2.89. The minimum Gasteiger partial charge on any atom is -0.218 e. The smallest absolute Gasteiger partial charge is 0.200 e. The fraction of sp³-hybridized carbons (Fsp3) is 0.0833. The van der Waals surface area contributed by atoms with Crippen molar-refractivity contribution in [3.05, 3.63) is 59.7 Å². The Hall–Kier alpha value is -1.03. The Morgan fingerprint density at radius 3 is 1.45 bits per heavy atom. The van der Waals surface area contributed by atoms with Gasteiger partial charge >= 0.3 is 0 Å². The lowest BCUT2D eigenvalue weighted by Gasteiger charge is -2.08. The van der Waals surface area contributed by atoms with E-state index in [1.54, 1.807) is 21.8 Å². The largest absolute Gasteiger partial charge is 0.218 e. The zero-order chi connectivity index (χ0) is 15.3. The highest BCUT2D eigenvalue weighted by molar-refractivity contribution is 14.1. The third-order valence-corrected chi connectivity index (χ3v) is 4.91. The van der Waals surface area contributed by atoms with Crippen LogP contribution in [-0.2, 0) is 0 Å². The highest BCUT2D eigenvalue weighted by Gasteiger charge is 2.28. The van der Waals surface area contributed by atoms with Gasteiger partial charge in [0.05, 0.1) is 0 Å². The number of rotatable bonds is 1. The Bertz CT molecular complexity index is 524. The van der Waals surface area contributed by atoms with Crippen molar-refractivity contribution >= 4 is 33.3 Å². The molecule has 2 rings (SSSR count). The molecule has 0 amide bonds. The van der Waals surface area contributed by atoms with E-state index in [1.807, 2.05) is 30.6 Å². The van der Waals surface area contributed by atoms with E-state index in [-0.39, 0.29) is 0 Å². The molecule has 0 saturated heterocycles. The Morgan fingerprint density at radius 1 is 0.800 bits per heavy atom. The van der Waals surface area contributed by atoms with Gasteiger partial charge in [-0.05, 0) is 0 Å². The molecule has 0 aliphatic carbocycles. The Balaban J connectivity index is 0.000000276. The minimum atomic E-state index is -2.11. The summed E-state index contributed by atoms with van der Waals surface area (Å²) in [5.74, 6) is -9.29. The maximum absolute atomic E-state index is 13.0. The van der Waals surface area contributed by atoms with Gasteiger partial charge in [0.15, 0.2) is 42.0 Å². The van der Waals surface area contributed by atoms with Crippen LogP contribution in [0.25, 0.3) is 0 Å². The van der Waals surface area contributed by atoms with Gasteiger partial charge in [-0.2, -0.15) is 0 Å². The van der Waals surface area contributed by atoms with Crippen molar-refractivity contribution in [2.45, 2.75) is 6.55 Å². The van der Waals surface area contributed by atoms with Crippen LogP contribution in [0.5, 0.6) is 0 Å². The Labute approximate surface area is 126 Å². The summed E-state index contributed by atoms with van der Waals surface area (Å²) in [7, 11) is 0. The zero-order valence-electron chi connectivity index (χ0n) is 10.2. The first-order valence-corrected chi connectivity index (χ1v) is 10.4. The summed E-state index contributed by atoms with van der Waals surface area (Å²) in [5.41, 5.74) is 0. The fourth-order valence-corrected chi connectivity index (χ4v) is 3.49. The Morgan fingerprint density at radius 2 is 1.20 bits per heavy atom. The first kappa shape index (κ1) is 17.0. The molecular weight excluding hydrogens is 408 g/mol. The van der Waals surface area contributed by atoms with E-state index in [0.717, 1.165) is 0 Å². The SMILES string of the molecule is C[Si](I)c1c(F)c(F)c(F)c(F)c1F.c1cc[nH+]cc1. The van der Waals surface area contributed by atoms with E-state index in [9.17, 15) is 22.0 Å². The molecule has 0 spiro atoms. The quantitative estimate of drug-likeness (QED) is 0.169. The summed E-state index contributed by atoms with van der Waals surface area (Å²) in [6.45, 7) is 1.43. The van der Waals surface area contributed by atoms with Crippen LogP contribution in [0.1, 0.15) is 0 Å². The van der Waals surface area contributed by atoms with Gasteiger partial charge in [-0.3, -0.25) is 0 Å². The van der Waals surface area contributed by atoms with Crippen molar-refractivity contribution in [1.29, 1.82) is 0 Å². The van der Waals surface area contributed by atoms with E-state index < -0.39 is 40.6 Å². The second-order valence-electron chi connectivity index (χ2n) is 3.56. The standard InChI is InChI=1S/C7H3F5ISi.C5H5N/c1-14(13)7-5(11)3(9)2(8)4(10)6(7)12;1-2-4-6-5-3-1/h1H3;1-5H/p+1. The van der Waals surface area contributed by atoms with Gasteiger partial charge < -0.3 is 0 Å². The predicted molar refractivity (Wildman–Crippen MR) is 74.5 cm³/mol. The van der Waals surface area contributed by atoms with Gasteiger partial charge in [0.1, 0.15) is 0 Å². The number of hydrogen-bond acceptors (Lipinski definition) is 0. The molecule has 0 fully saturated rings. The van der Waals surface area contributed by atoms with Crippen molar-refractivity contribution < 1.29 is 26.9 Å². The molecule has 8 heteroatoms. The van der Waals surface area contributed by atoms with E-state index in [2.05, 4.69) is 4.98 Å². The molecule has 107 valence electrons. The summed E-state index contributed by atoms with van der Waals surface area (Å²) < 4.78 is 63.7. The summed E-state index contributed by atoms with van der Waals surface area (Å²) in [6.07, 6.45) is 1.99.